The molecular formula is C28H32F3N5O2. The number of hydrogen-bond donors (Lipinski definition) is 3. The normalized spacial score (nSPS) is 16.9. The van der Waals surface area contributed by atoms with Crippen LogP contribution in [0.1, 0.15) is 61.3 Å². The molecule has 202 valence electrons. The molecule has 7 nitrogen and oxygen atoms in total. The standard InChI is InChI=1S/C28H32F3N5O2/c1-15(17-7-6-10-21(24(17)29)28(30,31)27(3,4)38)33-26-20-13-22(36-12-11-32-23(37)14-36)18-8-5-9-19(18)25(20)34-16(2)35-26/h6-7,10,13,15,38H,5,8-9,11-12,14H2,1-4H3,(H,32,37)(H,33,34,35)/t15-/m1/s1. The van der Waals surface area contributed by atoms with Crippen LogP contribution in [0.3, 0.4) is 0 Å². The summed E-state index contributed by atoms with van der Waals surface area (Å²) in [7, 11) is 0. The van der Waals surface area contributed by atoms with Gasteiger partial charge in [-0.05, 0) is 70.2 Å². The molecule has 0 unspecified atom stereocenters. The van der Waals surface area contributed by atoms with Gasteiger partial charge in [0, 0.05) is 29.7 Å². The third-order valence-electron chi connectivity index (χ3n) is 7.49. The summed E-state index contributed by atoms with van der Waals surface area (Å²) in [4.78, 5) is 23.5. The van der Waals surface area contributed by atoms with Crippen molar-refractivity contribution in [3.8, 4) is 0 Å². The molecule has 38 heavy (non-hydrogen) atoms. The fourth-order valence-electron chi connectivity index (χ4n) is 5.44. The average Bonchev–Trinajstić information content (AvgIpc) is 3.33. The lowest BCUT2D eigenvalue weighted by atomic mass is 9.91. The number of aromatic nitrogens is 2. The van der Waals surface area contributed by atoms with Crippen LogP contribution in [0.2, 0.25) is 0 Å². The molecule has 1 aliphatic heterocycles. The van der Waals surface area contributed by atoms with Crippen molar-refractivity contribution in [2.45, 2.75) is 64.5 Å². The number of rotatable bonds is 6. The number of alkyl halides is 2. The van der Waals surface area contributed by atoms with Gasteiger partial charge in [0.15, 0.2) is 0 Å². The maximum absolute atomic E-state index is 15.5. The molecule has 1 saturated heterocycles. The van der Waals surface area contributed by atoms with E-state index in [0.29, 0.717) is 24.7 Å². The third kappa shape index (κ3) is 4.44. The number of benzene rings is 2. The maximum atomic E-state index is 15.5. The molecule has 1 aliphatic carbocycles. The fourth-order valence-corrected chi connectivity index (χ4v) is 5.44. The average molecular weight is 528 g/mol. The van der Waals surface area contributed by atoms with E-state index in [1.807, 2.05) is 6.07 Å². The topological polar surface area (TPSA) is 90.4 Å². The fraction of sp³-hybridized carbons (Fsp3) is 0.464. The van der Waals surface area contributed by atoms with E-state index < -0.39 is 28.9 Å². The van der Waals surface area contributed by atoms with E-state index in [1.165, 1.54) is 17.7 Å². The number of carbonyl (C=O) groups is 1. The quantitative estimate of drug-likeness (QED) is 0.436. The van der Waals surface area contributed by atoms with E-state index in [1.54, 1.807) is 13.8 Å². The predicted molar refractivity (Wildman–Crippen MR) is 140 cm³/mol. The first kappa shape index (κ1) is 26.2. The molecule has 1 aromatic heterocycles. The highest BCUT2D eigenvalue weighted by molar-refractivity contribution is 5.97. The zero-order valence-electron chi connectivity index (χ0n) is 22.0. The number of hydrogen-bond acceptors (Lipinski definition) is 6. The molecule has 1 amide bonds. The molecule has 10 heteroatoms. The molecule has 3 N–H and O–H groups in total. The first-order valence-corrected chi connectivity index (χ1v) is 12.9. The number of nitrogens with zero attached hydrogens (tertiary/aromatic N) is 3. The predicted octanol–water partition coefficient (Wildman–Crippen LogP) is 4.54. The number of halogens is 3. The van der Waals surface area contributed by atoms with Gasteiger partial charge in [0.25, 0.3) is 0 Å². The molecule has 2 aromatic carbocycles. The summed E-state index contributed by atoms with van der Waals surface area (Å²) >= 11 is 0. The Labute approximate surface area is 219 Å². The first-order chi connectivity index (χ1) is 17.9. The van der Waals surface area contributed by atoms with Crippen molar-refractivity contribution in [1.29, 1.82) is 0 Å². The number of amides is 1. The van der Waals surface area contributed by atoms with Gasteiger partial charge in [-0.3, -0.25) is 4.79 Å². The Bertz CT molecular complexity index is 1420. The van der Waals surface area contributed by atoms with Crippen LogP contribution in [0.15, 0.2) is 24.3 Å². The van der Waals surface area contributed by atoms with Crippen molar-refractivity contribution in [3.63, 3.8) is 0 Å². The lowest BCUT2D eigenvalue weighted by Crippen LogP contribution is -2.48. The molecular weight excluding hydrogens is 495 g/mol. The van der Waals surface area contributed by atoms with E-state index in [2.05, 4.69) is 20.5 Å². The second kappa shape index (κ2) is 9.41. The lowest BCUT2D eigenvalue weighted by molar-refractivity contribution is -0.170. The van der Waals surface area contributed by atoms with Gasteiger partial charge >= 0.3 is 5.92 Å². The Balaban J connectivity index is 1.58. The highest BCUT2D eigenvalue weighted by atomic mass is 19.3. The number of nitrogens with one attached hydrogen (secondary N) is 2. The van der Waals surface area contributed by atoms with Gasteiger partial charge in [0.2, 0.25) is 5.91 Å². The summed E-state index contributed by atoms with van der Waals surface area (Å²) in [5, 5.41) is 16.8. The van der Waals surface area contributed by atoms with E-state index in [9.17, 15) is 18.7 Å². The van der Waals surface area contributed by atoms with Gasteiger partial charge < -0.3 is 20.6 Å². The molecule has 1 fully saturated rings. The lowest BCUT2D eigenvalue weighted by Gasteiger charge is -2.31. The van der Waals surface area contributed by atoms with Crippen molar-refractivity contribution in [2.24, 2.45) is 0 Å². The Kier molecular flexibility index (Phi) is 6.49. The van der Waals surface area contributed by atoms with Crippen LogP contribution in [0.5, 0.6) is 0 Å². The van der Waals surface area contributed by atoms with Crippen LogP contribution in [0.25, 0.3) is 10.9 Å². The maximum Gasteiger partial charge on any atom is 0.303 e. The van der Waals surface area contributed by atoms with Gasteiger partial charge in [0.1, 0.15) is 23.1 Å². The summed E-state index contributed by atoms with van der Waals surface area (Å²) in [5.41, 5.74) is 0.840. The summed E-state index contributed by atoms with van der Waals surface area (Å²) in [6.45, 7) is 6.88. The molecule has 5 rings (SSSR count). The molecule has 0 bridgehead atoms. The zero-order valence-corrected chi connectivity index (χ0v) is 22.0. The van der Waals surface area contributed by atoms with E-state index in [-0.39, 0.29) is 18.0 Å². The number of aryl methyl sites for hydroxylation is 2. The Morgan fingerprint density at radius 2 is 1.92 bits per heavy atom. The van der Waals surface area contributed by atoms with Gasteiger partial charge in [-0.1, -0.05) is 12.1 Å². The largest absolute Gasteiger partial charge is 0.384 e. The molecule has 0 radical (unpaired) electrons. The van der Waals surface area contributed by atoms with Crippen molar-refractivity contribution in [2.75, 3.05) is 29.9 Å². The number of fused-ring (bicyclic) bond motifs is 3. The second-order valence-corrected chi connectivity index (χ2v) is 10.7. The van der Waals surface area contributed by atoms with Gasteiger partial charge in [0.05, 0.1) is 23.7 Å². The molecule has 0 saturated carbocycles. The zero-order chi connectivity index (χ0) is 27.4. The van der Waals surface area contributed by atoms with Crippen molar-refractivity contribution in [1.82, 2.24) is 15.3 Å². The third-order valence-corrected chi connectivity index (χ3v) is 7.49. The molecule has 2 heterocycles. The Morgan fingerprint density at radius 1 is 1.18 bits per heavy atom. The van der Waals surface area contributed by atoms with Crippen molar-refractivity contribution < 1.29 is 23.1 Å². The van der Waals surface area contributed by atoms with Gasteiger partial charge in [-0.25, -0.2) is 14.4 Å². The van der Waals surface area contributed by atoms with Crippen LogP contribution < -0.4 is 15.5 Å². The van der Waals surface area contributed by atoms with E-state index >= 15 is 4.39 Å². The summed E-state index contributed by atoms with van der Waals surface area (Å²) in [5.74, 6) is -3.89. The smallest absolute Gasteiger partial charge is 0.303 e. The summed E-state index contributed by atoms with van der Waals surface area (Å²) in [6, 6.07) is 5.08. The number of piperazine rings is 1. The Morgan fingerprint density at radius 3 is 2.63 bits per heavy atom. The Hall–Kier alpha value is -3.40. The molecule has 2 aliphatic rings. The monoisotopic (exact) mass is 527 g/mol. The van der Waals surface area contributed by atoms with Gasteiger partial charge in [-0.2, -0.15) is 8.78 Å². The minimum Gasteiger partial charge on any atom is -0.384 e. The first-order valence-electron chi connectivity index (χ1n) is 12.9. The minimum absolute atomic E-state index is 0.0323. The van der Waals surface area contributed by atoms with Crippen molar-refractivity contribution >= 4 is 28.3 Å². The van der Waals surface area contributed by atoms with Crippen LogP contribution in [0.4, 0.5) is 24.7 Å². The van der Waals surface area contributed by atoms with Gasteiger partial charge in [-0.15, -0.1) is 0 Å². The highest BCUT2D eigenvalue weighted by Gasteiger charge is 2.49. The van der Waals surface area contributed by atoms with Crippen molar-refractivity contribution in [3.05, 3.63) is 58.2 Å². The molecule has 3 aromatic rings. The van der Waals surface area contributed by atoms with Crippen LogP contribution in [0, 0.1) is 12.7 Å². The second-order valence-electron chi connectivity index (χ2n) is 10.7. The van der Waals surface area contributed by atoms with E-state index in [0.717, 1.165) is 61.3 Å². The minimum atomic E-state index is -3.79. The number of carbonyl (C=O) groups excluding carboxylic acids is 1. The number of anilines is 2. The summed E-state index contributed by atoms with van der Waals surface area (Å²) in [6.07, 6.45) is 2.74. The molecule has 0 spiro atoms. The highest BCUT2D eigenvalue weighted by Crippen LogP contribution is 2.42. The summed E-state index contributed by atoms with van der Waals surface area (Å²) < 4.78 is 45.2. The van der Waals surface area contributed by atoms with Crippen LogP contribution >= 0.6 is 0 Å². The number of aliphatic hydroxyl groups is 1. The molecule has 1 atom stereocenters. The van der Waals surface area contributed by atoms with E-state index in [4.69, 9.17) is 4.98 Å². The van der Waals surface area contributed by atoms with Crippen LogP contribution in [-0.4, -0.2) is 46.2 Å². The van der Waals surface area contributed by atoms with Crippen LogP contribution in [-0.2, 0) is 23.6 Å². The SMILES string of the molecule is Cc1nc(N[C@H](C)c2cccc(C(F)(F)C(C)(C)O)c2F)c2cc(N3CCNC(=O)C3)c3c(c2n1)CCC3.